The largest absolute Gasteiger partial charge is 0.507 e. The molecular weight excluding hydrogens is 488 g/mol. The quantitative estimate of drug-likeness (QED) is 0.188. The van der Waals surface area contributed by atoms with Crippen LogP contribution in [-0.2, 0) is 37.5 Å². The first-order valence-corrected chi connectivity index (χ1v) is 15.4. The second kappa shape index (κ2) is 11.9. The second-order valence-corrected chi connectivity index (χ2v) is 11.5. The van der Waals surface area contributed by atoms with E-state index in [1.807, 2.05) is 0 Å². The van der Waals surface area contributed by atoms with Crippen LogP contribution in [0.1, 0.15) is 109 Å². The molecule has 2 heteroatoms. The Balaban J connectivity index is 1.97. The third kappa shape index (κ3) is 4.72. The van der Waals surface area contributed by atoms with Crippen LogP contribution in [0.15, 0.2) is 72.8 Å². The van der Waals surface area contributed by atoms with E-state index in [9.17, 15) is 10.2 Å². The van der Waals surface area contributed by atoms with E-state index < -0.39 is 5.41 Å². The minimum atomic E-state index is -0.553. The molecule has 4 aromatic carbocycles. The zero-order valence-corrected chi connectivity index (χ0v) is 24.7. The van der Waals surface area contributed by atoms with Crippen LogP contribution in [-0.4, -0.2) is 10.2 Å². The molecule has 2 N–H and O–H groups in total. The lowest BCUT2D eigenvalue weighted by Crippen LogP contribution is -2.36. The van der Waals surface area contributed by atoms with Crippen LogP contribution in [0.5, 0.6) is 11.5 Å². The van der Waals surface area contributed by atoms with E-state index in [0.29, 0.717) is 11.5 Å². The van der Waals surface area contributed by atoms with Gasteiger partial charge in [0.1, 0.15) is 11.5 Å². The van der Waals surface area contributed by atoms with E-state index in [-0.39, 0.29) is 0 Å². The van der Waals surface area contributed by atoms with Crippen LogP contribution >= 0.6 is 0 Å². The predicted molar refractivity (Wildman–Crippen MR) is 167 cm³/mol. The Morgan fingerprint density at radius 1 is 0.525 bits per heavy atom. The van der Waals surface area contributed by atoms with Crippen molar-refractivity contribution in [1.29, 1.82) is 0 Å². The summed E-state index contributed by atoms with van der Waals surface area (Å²) >= 11 is 0. The van der Waals surface area contributed by atoms with Crippen molar-refractivity contribution in [3.05, 3.63) is 128 Å². The molecule has 0 spiro atoms. The van der Waals surface area contributed by atoms with Gasteiger partial charge in [-0.15, -0.1) is 0 Å². The molecule has 0 saturated heterocycles. The van der Waals surface area contributed by atoms with Crippen molar-refractivity contribution in [3.8, 4) is 11.5 Å². The minimum absolute atomic E-state index is 0.462. The van der Waals surface area contributed by atoms with Crippen molar-refractivity contribution in [2.45, 2.75) is 90.9 Å². The van der Waals surface area contributed by atoms with Gasteiger partial charge in [0.25, 0.3) is 0 Å². The van der Waals surface area contributed by atoms with Crippen LogP contribution in [0.3, 0.4) is 0 Å². The van der Waals surface area contributed by atoms with Gasteiger partial charge in [-0.1, -0.05) is 126 Å². The van der Waals surface area contributed by atoms with Crippen LogP contribution in [0.25, 0.3) is 0 Å². The molecule has 0 saturated carbocycles. The molecule has 208 valence electrons. The van der Waals surface area contributed by atoms with Crippen molar-refractivity contribution in [2.24, 2.45) is 0 Å². The summed E-state index contributed by atoms with van der Waals surface area (Å²) < 4.78 is 0. The maximum absolute atomic E-state index is 11.4. The fraction of sp³-hybridized carbons (Fsp3) is 0.368. The Hall–Kier alpha value is -3.52. The summed E-state index contributed by atoms with van der Waals surface area (Å²) in [5.74, 6) is 0.924. The third-order valence-corrected chi connectivity index (χ3v) is 8.70. The maximum Gasteiger partial charge on any atom is 0.121 e. The average molecular weight is 533 g/mol. The summed E-state index contributed by atoms with van der Waals surface area (Å²) in [7, 11) is 0. The highest BCUT2D eigenvalue weighted by Crippen LogP contribution is 2.53. The molecule has 0 radical (unpaired) electrons. The summed E-state index contributed by atoms with van der Waals surface area (Å²) in [6, 6.07) is 26.9. The molecular formula is C38H44O2. The summed E-state index contributed by atoms with van der Waals surface area (Å²) in [5, 5.41) is 22.7. The van der Waals surface area contributed by atoms with Crippen molar-refractivity contribution >= 4 is 0 Å². The number of hydrogen-bond donors (Lipinski definition) is 2. The highest BCUT2D eigenvalue weighted by atomic mass is 16.3. The zero-order chi connectivity index (χ0) is 28.3. The Morgan fingerprint density at radius 3 is 1.18 bits per heavy atom. The van der Waals surface area contributed by atoms with Crippen LogP contribution in [0.4, 0.5) is 0 Å². The molecule has 0 amide bonds. The highest BCUT2D eigenvalue weighted by Gasteiger charge is 2.44. The Labute approximate surface area is 240 Å². The van der Waals surface area contributed by atoms with Gasteiger partial charge in [0.05, 0.1) is 5.41 Å². The van der Waals surface area contributed by atoms with Crippen molar-refractivity contribution in [2.75, 3.05) is 0 Å². The Morgan fingerprint density at radius 2 is 0.850 bits per heavy atom. The smallest absolute Gasteiger partial charge is 0.121 e. The van der Waals surface area contributed by atoms with Gasteiger partial charge in [0.15, 0.2) is 0 Å². The SMILES string of the molecule is CCCc1cc(C2(c3cc(CCC)c(O)c(CCC)c3)c3ccccc3Cc3ccccc32)cc(CCC)c1O. The third-order valence-electron chi connectivity index (χ3n) is 8.70. The molecule has 0 heterocycles. The van der Waals surface area contributed by atoms with E-state index >= 15 is 0 Å². The number of aromatic hydroxyl groups is 2. The average Bonchev–Trinajstić information content (AvgIpc) is 2.96. The monoisotopic (exact) mass is 532 g/mol. The van der Waals surface area contributed by atoms with E-state index in [4.69, 9.17) is 0 Å². The van der Waals surface area contributed by atoms with E-state index in [1.54, 1.807) is 0 Å². The molecule has 5 rings (SSSR count). The van der Waals surface area contributed by atoms with Crippen LogP contribution in [0, 0.1) is 0 Å². The normalized spacial score (nSPS) is 13.6. The molecule has 40 heavy (non-hydrogen) atoms. The fourth-order valence-electron chi connectivity index (χ4n) is 7.01. The van der Waals surface area contributed by atoms with Gasteiger partial charge in [-0.05, 0) is 87.7 Å². The number of hydrogen-bond acceptors (Lipinski definition) is 2. The number of phenols is 2. The number of phenolic OH excluding ortho intramolecular Hbond substituents is 2. The van der Waals surface area contributed by atoms with Crippen LogP contribution < -0.4 is 0 Å². The van der Waals surface area contributed by atoms with Crippen molar-refractivity contribution in [1.82, 2.24) is 0 Å². The van der Waals surface area contributed by atoms with Gasteiger partial charge in [-0.2, -0.15) is 0 Å². The van der Waals surface area contributed by atoms with Gasteiger partial charge in [0, 0.05) is 0 Å². The summed E-state index contributed by atoms with van der Waals surface area (Å²) in [6.07, 6.45) is 8.17. The fourth-order valence-corrected chi connectivity index (χ4v) is 7.01. The topological polar surface area (TPSA) is 40.5 Å². The molecule has 2 nitrogen and oxygen atoms in total. The summed E-state index contributed by atoms with van der Waals surface area (Å²) in [6.45, 7) is 8.72. The summed E-state index contributed by atoms with van der Waals surface area (Å²) in [5.41, 5.74) is 11.3. The summed E-state index contributed by atoms with van der Waals surface area (Å²) in [4.78, 5) is 0. The molecule has 0 fully saturated rings. The Kier molecular flexibility index (Phi) is 8.35. The van der Waals surface area contributed by atoms with Gasteiger partial charge in [-0.25, -0.2) is 0 Å². The maximum atomic E-state index is 11.4. The van der Waals surface area contributed by atoms with Crippen molar-refractivity contribution < 1.29 is 10.2 Å². The lowest BCUT2D eigenvalue weighted by molar-refractivity contribution is 0.458. The molecule has 0 bridgehead atoms. The van der Waals surface area contributed by atoms with E-state index in [1.165, 1.54) is 33.4 Å². The standard InChI is InChI=1S/C38H44O2/c1-5-13-28-22-32(23-29(14-6-2)36(28)39)38(33-24-30(15-7-3)37(40)31(25-33)16-8-4)34-19-11-9-17-26(34)21-27-18-10-12-20-35(27)38/h9-12,17-20,22-25,39-40H,5-8,13-16,21H2,1-4H3. The number of aryl methyl sites for hydroxylation is 4. The predicted octanol–water partition coefficient (Wildman–Crippen LogP) is 9.19. The molecule has 1 aliphatic carbocycles. The first-order valence-electron chi connectivity index (χ1n) is 15.4. The Bertz CT molecular complexity index is 1330. The number of fused-ring (bicyclic) bond motifs is 2. The second-order valence-electron chi connectivity index (χ2n) is 11.5. The van der Waals surface area contributed by atoms with Crippen LogP contribution in [0.2, 0.25) is 0 Å². The van der Waals surface area contributed by atoms with Gasteiger partial charge in [-0.3, -0.25) is 0 Å². The van der Waals surface area contributed by atoms with Gasteiger partial charge >= 0.3 is 0 Å². The van der Waals surface area contributed by atoms with E-state index in [2.05, 4.69) is 100 Å². The minimum Gasteiger partial charge on any atom is -0.507 e. The number of benzene rings is 4. The zero-order valence-electron chi connectivity index (χ0n) is 24.7. The molecule has 4 aromatic rings. The van der Waals surface area contributed by atoms with Crippen molar-refractivity contribution in [3.63, 3.8) is 0 Å². The molecule has 1 aliphatic rings. The highest BCUT2D eigenvalue weighted by molar-refractivity contribution is 5.69. The van der Waals surface area contributed by atoms with E-state index in [0.717, 1.165) is 80.0 Å². The first kappa shape index (κ1) is 28.0. The number of rotatable bonds is 10. The lowest BCUT2D eigenvalue weighted by Gasteiger charge is -2.43. The molecule has 0 atom stereocenters. The molecule has 0 unspecified atom stereocenters. The van der Waals surface area contributed by atoms with Gasteiger partial charge in [0.2, 0.25) is 0 Å². The lowest BCUT2D eigenvalue weighted by atomic mass is 9.59. The van der Waals surface area contributed by atoms with Gasteiger partial charge < -0.3 is 10.2 Å². The first-order chi connectivity index (χ1) is 19.5. The molecule has 0 aliphatic heterocycles. The molecule has 0 aromatic heterocycles.